The van der Waals surface area contributed by atoms with Gasteiger partial charge < -0.3 is 13.3 Å². The first-order valence-electron chi connectivity index (χ1n) is 24.4. The SMILES string of the molecule is CC(C)(C)c1cc2cc(c1)[C@](C)(O[Si](C)(C)C(C)(C)C)C#Cc1cc(C(C)(C)C)cc(c1)[C@](C)(O[Si](C)(C)C(C)(C)C)C#Cc1cc(C(C)(C)C)cc(c1)[C@](C)(O[Si](C)(C)C(C)(C)C)C#C2. The molecule has 360 valence electrons. The molecule has 3 aromatic rings. The molecule has 0 amide bonds. The van der Waals surface area contributed by atoms with Gasteiger partial charge in [-0.2, -0.15) is 0 Å². The van der Waals surface area contributed by atoms with Crippen molar-refractivity contribution in [1.82, 2.24) is 0 Å². The van der Waals surface area contributed by atoms with E-state index in [0.717, 1.165) is 33.4 Å². The Morgan fingerprint density at radius 2 is 0.530 bits per heavy atom. The van der Waals surface area contributed by atoms with Crippen molar-refractivity contribution < 1.29 is 13.3 Å². The molecule has 1 aliphatic carbocycles. The Morgan fingerprint density at radius 1 is 0.333 bits per heavy atom. The summed E-state index contributed by atoms with van der Waals surface area (Å²) in [6.07, 6.45) is 0. The van der Waals surface area contributed by atoms with Crippen molar-refractivity contribution in [3.05, 3.63) is 105 Å². The molecule has 0 spiro atoms. The fourth-order valence-corrected chi connectivity index (χ4v) is 11.7. The van der Waals surface area contributed by atoms with Crippen LogP contribution < -0.4 is 0 Å². The third-order valence-electron chi connectivity index (χ3n) is 15.2. The second-order valence-electron chi connectivity index (χ2n) is 27.6. The van der Waals surface area contributed by atoms with E-state index in [0.29, 0.717) is 0 Å². The highest BCUT2D eigenvalue weighted by atomic mass is 28.4. The Labute approximate surface area is 409 Å². The molecule has 0 radical (unpaired) electrons. The normalized spacial score (nSPS) is 21.3. The van der Waals surface area contributed by atoms with Crippen molar-refractivity contribution >= 4 is 25.0 Å². The fraction of sp³-hybridized carbons (Fsp3) is 0.600. The molecule has 1 aliphatic rings. The van der Waals surface area contributed by atoms with E-state index in [1.54, 1.807) is 0 Å². The van der Waals surface area contributed by atoms with Crippen LogP contribution in [0, 0.1) is 35.5 Å². The molecule has 0 fully saturated rings. The Morgan fingerprint density at radius 3 is 0.697 bits per heavy atom. The molecule has 0 saturated carbocycles. The van der Waals surface area contributed by atoms with E-state index in [9.17, 15) is 0 Å². The van der Waals surface area contributed by atoms with Crippen molar-refractivity contribution in [3.8, 4) is 35.5 Å². The van der Waals surface area contributed by atoms with Crippen molar-refractivity contribution in [2.75, 3.05) is 0 Å². The maximum atomic E-state index is 7.57. The van der Waals surface area contributed by atoms with Crippen LogP contribution in [-0.4, -0.2) is 25.0 Å². The summed E-state index contributed by atoms with van der Waals surface area (Å²) in [4.78, 5) is 0. The van der Waals surface area contributed by atoms with Gasteiger partial charge in [0, 0.05) is 16.7 Å². The third-order valence-corrected chi connectivity index (χ3v) is 28.8. The Kier molecular flexibility index (Phi) is 14.9. The minimum atomic E-state index is -2.41. The summed E-state index contributed by atoms with van der Waals surface area (Å²) in [5.41, 5.74) is 5.88. The van der Waals surface area contributed by atoms with E-state index in [1.807, 2.05) is 0 Å². The third kappa shape index (κ3) is 12.5. The molecule has 0 N–H and O–H groups in total. The molecule has 0 heterocycles. The van der Waals surface area contributed by atoms with Gasteiger partial charge in [0.05, 0.1) is 0 Å². The van der Waals surface area contributed by atoms with E-state index in [1.165, 1.54) is 16.7 Å². The molecule has 0 saturated heterocycles. The van der Waals surface area contributed by atoms with Crippen molar-refractivity contribution in [2.24, 2.45) is 0 Å². The predicted octanol–water partition coefficient (Wildman–Crippen LogP) is 16.8. The van der Waals surface area contributed by atoms with Crippen LogP contribution in [0.4, 0.5) is 0 Å². The second-order valence-corrected chi connectivity index (χ2v) is 41.8. The van der Waals surface area contributed by atoms with Crippen LogP contribution in [0.15, 0.2) is 54.6 Å². The van der Waals surface area contributed by atoms with E-state index < -0.39 is 41.8 Å². The molecule has 3 aromatic carbocycles. The molecule has 4 rings (SSSR count). The van der Waals surface area contributed by atoms with Crippen LogP contribution in [0.3, 0.4) is 0 Å². The van der Waals surface area contributed by atoms with Gasteiger partial charge in [0.25, 0.3) is 0 Å². The highest BCUT2D eigenvalue weighted by Gasteiger charge is 2.46. The average Bonchev–Trinajstić information content (AvgIpc) is 3.12. The molecular formula is C60H90O3Si3. The maximum absolute atomic E-state index is 7.57. The lowest BCUT2D eigenvalue weighted by molar-refractivity contribution is 0.131. The first-order chi connectivity index (χ1) is 29.2. The van der Waals surface area contributed by atoms with Gasteiger partial charge in [0.2, 0.25) is 0 Å². The minimum Gasteiger partial charge on any atom is -0.397 e. The van der Waals surface area contributed by atoms with Gasteiger partial charge in [-0.3, -0.25) is 0 Å². The van der Waals surface area contributed by atoms with Crippen LogP contribution >= 0.6 is 0 Å². The van der Waals surface area contributed by atoms with Crippen LogP contribution in [0.5, 0.6) is 0 Å². The molecule has 6 heteroatoms. The molecule has 0 aliphatic heterocycles. The Balaban J connectivity index is 2.38. The van der Waals surface area contributed by atoms with Gasteiger partial charge in [0.15, 0.2) is 25.0 Å². The van der Waals surface area contributed by atoms with Crippen molar-refractivity contribution in [1.29, 1.82) is 0 Å². The molecule has 0 aromatic heterocycles. The largest absolute Gasteiger partial charge is 0.397 e. The zero-order valence-electron chi connectivity index (χ0n) is 46.9. The maximum Gasteiger partial charge on any atom is 0.194 e. The summed E-state index contributed by atoms with van der Waals surface area (Å²) in [5, 5.41) is -0.172. The standard InChI is InChI=1S/C60H90O3Si3/c1-52(2,3)46-34-43-28-31-59(20,62-65(24,25)56(13,14)15)50-39-45(36-48(41-50)54(7,8)9)30-33-60(21,63-66(26,27)57(16,17)18)51-38-44(35-47(42-51)53(4,5)6)29-32-58(19,49(37-43)40-46)61-64(22,23)55(10,11)12/h34-42H,1-27H3/t58-,59-,60-/m1/s1. The minimum absolute atomic E-state index is 0.0573. The summed E-state index contributed by atoms with van der Waals surface area (Å²) in [5.74, 6) is 22.7. The zero-order valence-corrected chi connectivity index (χ0v) is 49.9. The van der Waals surface area contributed by atoms with Gasteiger partial charge in [-0.05, 0) is 161 Å². The zero-order chi connectivity index (χ0) is 50.9. The predicted molar refractivity (Wildman–Crippen MR) is 293 cm³/mol. The smallest absolute Gasteiger partial charge is 0.194 e. The lowest BCUT2D eigenvalue weighted by atomic mass is 9.81. The van der Waals surface area contributed by atoms with Crippen LogP contribution in [0.1, 0.15) is 195 Å². The number of hydrogen-bond donors (Lipinski definition) is 0. The van der Waals surface area contributed by atoms with Gasteiger partial charge in [0.1, 0.15) is 16.8 Å². The van der Waals surface area contributed by atoms with E-state index in [4.69, 9.17) is 13.3 Å². The molecular weight excluding hydrogens is 853 g/mol. The van der Waals surface area contributed by atoms with E-state index >= 15 is 0 Å². The molecule has 3 atom stereocenters. The average molecular weight is 944 g/mol. The lowest BCUT2D eigenvalue weighted by Crippen LogP contribution is -2.47. The quantitative estimate of drug-likeness (QED) is 0.182. The Bertz CT molecular complexity index is 2220. The monoisotopic (exact) mass is 943 g/mol. The number of fused-ring (bicyclic) bond motifs is 6. The second kappa shape index (κ2) is 17.7. The van der Waals surface area contributed by atoms with Crippen LogP contribution in [0.25, 0.3) is 0 Å². The Hall–Kier alpha value is -3.13. The van der Waals surface area contributed by atoms with E-state index in [-0.39, 0.29) is 31.4 Å². The van der Waals surface area contributed by atoms with Crippen molar-refractivity contribution in [2.45, 2.75) is 233 Å². The fourth-order valence-electron chi connectivity index (χ4n) is 7.26. The first-order valence-corrected chi connectivity index (χ1v) is 33.1. The molecule has 3 nitrogen and oxygen atoms in total. The molecule has 0 unspecified atom stereocenters. The summed E-state index contributed by atoms with van der Waals surface area (Å²) >= 11 is 0. The number of hydrogen-bond acceptors (Lipinski definition) is 3. The number of rotatable bonds is 6. The van der Waals surface area contributed by atoms with Gasteiger partial charge in [-0.15, -0.1) is 0 Å². The van der Waals surface area contributed by atoms with Gasteiger partial charge in [-0.25, -0.2) is 0 Å². The molecule has 6 bridgehead atoms. The summed E-state index contributed by atoms with van der Waals surface area (Å²) in [6.45, 7) is 61.6. The van der Waals surface area contributed by atoms with Crippen LogP contribution in [-0.2, 0) is 46.3 Å². The topological polar surface area (TPSA) is 27.7 Å². The van der Waals surface area contributed by atoms with Gasteiger partial charge >= 0.3 is 0 Å². The van der Waals surface area contributed by atoms with Crippen LogP contribution in [0.2, 0.25) is 54.4 Å². The highest BCUT2D eigenvalue weighted by Crippen LogP contribution is 2.46. The lowest BCUT2D eigenvalue weighted by Gasteiger charge is -2.43. The summed E-state index contributed by atoms with van der Waals surface area (Å²) in [6, 6.07) is 20.4. The summed E-state index contributed by atoms with van der Waals surface area (Å²) in [7, 11) is -7.24. The molecule has 66 heavy (non-hydrogen) atoms. The highest BCUT2D eigenvalue weighted by molar-refractivity contribution is 6.75. The van der Waals surface area contributed by atoms with Gasteiger partial charge in [-0.1, -0.05) is 178 Å². The van der Waals surface area contributed by atoms with Crippen molar-refractivity contribution in [3.63, 3.8) is 0 Å². The summed E-state index contributed by atoms with van der Waals surface area (Å²) < 4.78 is 22.7. The van der Waals surface area contributed by atoms with E-state index in [2.05, 4.69) is 275 Å². The number of benzene rings is 3. The first kappa shape index (κ1) is 55.5.